The summed E-state index contributed by atoms with van der Waals surface area (Å²) in [5.41, 5.74) is 1.51. The molecule has 0 bridgehead atoms. The average molecular weight is 484 g/mol. The van der Waals surface area contributed by atoms with Crippen LogP contribution in [-0.2, 0) is 16.6 Å². The van der Waals surface area contributed by atoms with E-state index in [2.05, 4.69) is 5.32 Å². The van der Waals surface area contributed by atoms with Crippen molar-refractivity contribution in [2.75, 3.05) is 5.32 Å². The number of carbonyl (C=O) groups is 3. The molecule has 36 heavy (non-hydrogen) atoms. The fourth-order valence-electron chi connectivity index (χ4n) is 3.82. The molecule has 8 nitrogen and oxygen atoms in total. The zero-order chi connectivity index (χ0) is 25.8. The van der Waals surface area contributed by atoms with E-state index in [-0.39, 0.29) is 22.6 Å². The zero-order valence-electron chi connectivity index (χ0n) is 20.1. The van der Waals surface area contributed by atoms with Gasteiger partial charge in [-0.05, 0) is 32.0 Å². The van der Waals surface area contributed by atoms with E-state index in [1.54, 1.807) is 73.3 Å². The molecule has 0 spiro atoms. The second kappa shape index (κ2) is 10.3. The molecule has 0 unspecified atom stereocenters. The zero-order valence-corrected chi connectivity index (χ0v) is 20.1. The molecule has 4 aromatic rings. The van der Waals surface area contributed by atoms with E-state index in [9.17, 15) is 19.2 Å². The molecular formula is C28H25N3O5. The van der Waals surface area contributed by atoms with Crippen LogP contribution < -0.4 is 10.9 Å². The van der Waals surface area contributed by atoms with Crippen LogP contribution in [0.1, 0.15) is 38.9 Å². The summed E-state index contributed by atoms with van der Waals surface area (Å²) in [5, 5.41) is 2.59. The van der Waals surface area contributed by atoms with Gasteiger partial charge >= 0.3 is 5.97 Å². The van der Waals surface area contributed by atoms with Gasteiger partial charge < -0.3 is 10.1 Å². The number of hydrogen-bond acceptors (Lipinski definition) is 5. The number of rotatable bonds is 7. The van der Waals surface area contributed by atoms with Crippen LogP contribution >= 0.6 is 0 Å². The number of anilines is 1. The number of aromatic nitrogens is 2. The first kappa shape index (κ1) is 24.4. The van der Waals surface area contributed by atoms with Crippen molar-refractivity contribution in [1.29, 1.82) is 0 Å². The molecule has 0 aliphatic rings. The van der Waals surface area contributed by atoms with E-state index in [0.29, 0.717) is 16.9 Å². The van der Waals surface area contributed by atoms with E-state index in [1.165, 1.54) is 23.7 Å². The Morgan fingerprint density at radius 2 is 1.39 bits per heavy atom. The van der Waals surface area contributed by atoms with Gasteiger partial charge in [-0.3, -0.25) is 19.1 Å². The standard InChI is InChI=1S/C28H25N3O5/c1-18-24(27(34)31(30(18)3)21-14-8-5-9-15-21)29-26(33)19(2)36-28(35)23-17-11-10-16-22(23)25(32)20-12-6-4-7-13-20/h4-17,19H,1-3H3,(H,29,33)/t19-/m0/s1. The van der Waals surface area contributed by atoms with E-state index >= 15 is 0 Å². The second-order valence-corrected chi connectivity index (χ2v) is 8.21. The van der Waals surface area contributed by atoms with Crippen LogP contribution in [0.25, 0.3) is 5.69 Å². The molecule has 1 atom stereocenters. The Kier molecular flexibility index (Phi) is 6.96. The number of ketones is 1. The van der Waals surface area contributed by atoms with Crippen molar-refractivity contribution in [3.05, 3.63) is 118 Å². The number of hydrogen-bond donors (Lipinski definition) is 1. The first-order valence-corrected chi connectivity index (χ1v) is 11.3. The van der Waals surface area contributed by atoms with Gasteiger partial charge in [-0.2, -0.15) is 0 Å². The third-order valence-electron chi connectivity index (χ3n) is 5.88. The average Bonchev–Trinajstić information content (AvgIpc) is 3.11. The Morgan fingerprint density at radius 1 is 0.833 bits per heavy atom. The third kappa shape index (κ3) is 4.74. The van der Waals surface area contributed by atoms with E-state index < -0.39 is 23.5 Å². The molecule has 8 heteroatoms. The molecule has 3 aromatic carbocycles. The minimum atomic E-state index is -1.22. The normalized spacial score (nSPS) is 11.5. The molecule has 0 saturated carbocycles. The van der Waals surface area contributed by atoms with Gasteiger partial charge in [0.05, 0.1) is 16.9 Å². The monoisotopic (exact) mass is 483 g/mol. The van der Waals surface area contributed by atoms with E-state index in [1.807, 2.05) is 18.2 Å². The van der Waals surface area contributed by atoms with E-state index in [0.717, 1.165) is 0 Å². The number of esters is 1. The Balaban J connectivity index is 1.53. The molecular weight excluding hydrogens is 458 g/mol. The van der Waals surface area contributed by atoms with Crippen molar-refractivity contribution in [2.45, 2.75) is 20.0 Å². The molecule has 1 aromatic heterocycles. The highest BCUT2D eigenvalue weighted by Crippen LogP contribution is 2.18. The number of carbonyl (C=O) groups excluding carboxylic acids is 3. The van der Waals surface area contributed by atoms with Gasteiger partial charge in [-0.25, -0.2) is 9.48 Å². The molecule has 0 radical (unpaired) electrons. The van der Waals surface area contributed by atoms with Gasteiger partial charge in [-0.15, -0.1) is 0 Å². The summed E-state index contributed by atoms with van der Waals surface area (Å²) in [5.74, 6) is -1.81. The maximum Gasteiger partial charge on any atom is 0.339 e. The van der Waals surface area contributed by atoms with Crippen molar-refractivity contribution < 1.29 is 19.1 Å². The fourth-order valence-corrected chi connectivity index (χ4v) is 3.82. The minimum Gasteiger partial charge on any atom is -0.449 e. The number of nitrogens with one attached hydrogen (secondary N) is 1. The van der Waals surface area contributed by atoms with E-state index in [4.69, 9.17) is 4.74 Å². The second-order valence-electron chi connectivity index (χ2n) is 8.21. The Hall–Kier alpha value is -4.72. The van der Waals surface area contributed by atoms with Gasteiger partial charge in [0, 0.05) is 18.2 Å². The molecule has 4 rings (SSSR count). The lowest BCUT2D eigenvalue weighted by Gasteiger charge is -2.14. The van der Waals surface area contributed by atoms with Crippen molar-refractivity contribution in [1.82, 2.24) is 9.36 Å². The summed E-state index contributed by atoms with van der Waals surface area (Å²) in [4.78, 5) is 51.8. The summed E-state index contributed by atoms with van der Waals surface area (Å²) in [6.45, 7) is 3.11. The highest BCUT2D eigenvalue weighted by atomic mass is 16.5. The largest absolute Gasteiger partial charge is 0.449 e. The maximum atomic E-state index is 13.0. The van der Waals surface area contributed by atoms with Crippen molar-refractivity contribution >= 4 is 23.3 Å². The summed E-state index contributed by atoms with van der Waals surface area (Å²) < 4.78 is 8.45. The van der Waals surface area contributed by atoms with Crippen LogP contribution in [0.2, 0.25) is 0 Å². The van der Waals surface area contributed by atoms with Crippen LogP contribution in [0.15, 0.2) is 89.7 Å². The minimum absolute atomic E-state index is 0.0494. The van der Waals surface area contributed by atoms with Gasteiger partial charge in [0.2, 0.25) is 0 Å². The Morgan fingerprint density at radius 3 is 2.03 bits per heavy atom. The lowest BCUT2D eigenvalue weighted by molar-refractivity contribution is -0.123. The van der Waals surface area contributed by atoms with Gasteiger partial charge in [0.25, 0.3) is 11.5 Å². The predicted octanol–water partition coefficient (Wildman–Crippen LogP) is 3.90. The summed E-state index contributed by atoms with van der Waals surface area (Å²) in [6.07, 6.45) is -1.22. The van der Waals surface area contributed by atoms with Gasteiger partial charge in [-0.1, -0.05) is 66.7 Å². The highest BCUT2D eigenvalue weighted by molar-refractivity contribution is 6.14. The van der Waals surface area contributed by atoms with Crippen LogP contribution in [-0.4, -0.2) is 33.1 Å². The first-order valence-electron chi connectivity index (χ1n) is 11.3. The molecule has 0 aliphatic heterocycles. The molecule has 0 fully saturated rings. The smallest absolute Gasteiger partial charge is 0.339 e. The van der Waals surface area contributed by atoms with Crippen molar-refractivity contribution in [3.8, 4) is 5.69 Å². The van der Waals surface area contributed by atoms with Crippen LogP contribution in [0.3, 0.4) is 0 Å². The Labute approximate surface area is 207 Å². The van der Waals surface area contributed by atoms with Crippen molar-refractivity contribution in [3.63, 3.8) is 0 Å². The molecule has 0 saturated heterocycles. The molecule has 1 amide bonds. The summed E-state index contributed by atoms with van der Waals surface area (Å²) in [6, 6.07) is 23.9. The third-order valence-corrected chi connectivity index (χ3v) is 5.88. The molecule has 182 valence electrons. The Bertz CT molecular complexity index is 1490. The van der Waals surface area contributed by atoms with Crippen LogP contribution in [0.5, 0.6) is 0 Å². The quantitative estimate of drug-likeness (QED) is 0.318. The number of para-hydroxylation sites is 1. The fraction of sp³-hybridized carbons (Fsp3) is 0.143. The lowest BCUT2D eigenvalue weighted by Crippen LogP contribution is -2.32. The maximum absolute atomic E-state index is 13.0. The summed E-state index contributed by atoms with van der Waals surface area (Å²) in [7, 11) is 1.71. The van der Waals surface area contributed by atoms with Gasteiger partial charge in [0.15, 0.2) is 11.9 Å². The molecule has 1 N–H and O–H groups in total. The first-order chi connectivity index (χ1) is 17.3. The van der Waals surface area contributed by atoms with Gasteiger partial charge in [0.1, 0.15) is 5.69 Å². The number of ether oxygens (including phenoxy) is 1. The predicted molar refractivity (Wildman–Crippen MR) is 136 cm³/mol. The van der Waals surface area contributed by atoms with Crippen molar-refractivity contribution in [2.24, 2.45) is 7.05 Å². The van der Waals surface area contributed by atoms with Crippen LogP contribution in [0, 0.1) is 6.92 Å². The topological polar surface area (TPSA) is 99.4 Å². The number of nitrogens with zero attached hydrogens (tertiary/aromatic N) is 2. The molecule has 1 heterocycles. The number of amides is 1. The highest BCUT2D eigenvalue weighted by Gasteiger charge is 2.25. The lowest BCUT2D eigenvalue weighted by atomic mass is 9.98. The van der Waals surface area contributed by atoms with Crippen LogP contribution in [0.4, 0.5) is 5.69 Å². The summed E-state index contributed by atoms with van der Waals surface area (Å²) >= 11 is 0. The SMILES string of the molecule is Cc1c(NC(=O)[C@H](C)OC(=O)c2ccccc2C(=O)c2ccccc2)c(=O)n(-c2ccccc2)n1C. The number of benzene rings is 3. The molecule has 0 aliphatic carbocycles.